The summed E-state index contributed by atoms with van der Waals surface area (Å²) >= 11 is 0. The normalized spacial score (nSPS) is 19.8. The van der Waals surface area contributed by atoms with Crippen molar-refractivity contribution in [1.82, 2.24) is 0 Å². The fourth-order valence-electron chi connectivity index (χ4n) is 6.92. The van der Waals surface area contributed by atoms with Gasteiger partial charge in [-0.15, -0.1) is 0 Å². The number of unbranched alkanes of at least 4 members (excludes halogenated alkanes) is 17. The molecule has 1 saturated carbocycles. The average molecular weight is 847 g/mol. The van der Waals surface area contributed by atoms with Gasteiger partial charge in [-0.1, -0.05) is 147 Å². The van der Waals surface area contributed by atoms with Crippen LogP contribution in [0.25, 0.3) is 0 Å². The second kappa shape index (κ2) is 34.7. The van der Waals surface area contributed by atoms with Gasteiger partial charge in [-0.2, -0.15) is 0 Å². The van der Waals surface area contributed by atoms with Gasteiger partial charge < -0.3 is 34.8 Å². The number of phosphoric ester groups is 1. The summed E-state index contributed by atoms with van der Waals surface area (Å²) in [6.07, 6.45) is 26.5. The van der Waals surface area contributed by atoms with Crippen LogP contribution in [0.1, 0.15) is 174 Å². The van der Waals surface area contributed by atoms with E-state index in [-0.39, 0.29) is 36.9 Å². The van der Waals surface area contributed by atoms with E-state index in [0.717, 1.165) is 38.5 Å². The summed E-state index contributed by atoms with van der Waals surface area (Å²) in [5.74, 6) is -1.87. The van der Waals surface area contributed by atoms with Crippen molar-refractivity contribution in [2.75, 3.05) is 26.4 Å². The van der Waals surface area contributed by atoms with E-state index >= 15 is 0 Å². The van der Waals surface area contributed by atoms with Crippen LogP contribution < -0.4 is 0 Å². The third-order valence-electron chi connectivity index (χ3n) is 10.5. The molecule has 0 heterocycles. The molecule has 0 radical (unpaired) electrons. The molecule has 7 atom stereocenters. The molecule has 58 heavy (non-hydrogen) atoms. The Balaban J connectivity index is 2.46. The van der Waals surface area contributed by atoms with Crippen molar-refractivity contribution in [2.24, 2.45) is 11.8 Å². The molecule has 1 unspecified atom stereocenters. The maximum absolute atomic E-state index is 12.7. The number of aliphatic hydroxyl groups is 4. The Hall–Kier alpha value is -1.96. The SMILES string of the molecule is CCCCCCCCCCCCCCCCCC(=O)O[C@H](COC(=O)CCC/C=C\C[C@H]1C(=O)C[C@@H](O)[C@@H]1/C=C/[C@@H](O)CCCCC)COP(=O)(O)OC[C@@H](O)CO. The molecule has 1 fully saturated rings. The zero-order valence-electron chi connectivity index (χ0n) is 35.7. The first kappa shape index (κ1) is 54.1. The van der Waals surface area contributed by atoms with Crippen LogP contribution in [0.3, 0.4) is 0 Å². The maximum Gasteiger partial charge on any atom is 0.472 e. The van der Waals surface area contributed by atoms with Crippen molar-refractivity contribution >= 4 is 25.5 Å². The van der Waals surface area contributed by atoms with Crippen LogP contribution in [0.4, 0.5) is 0 Å². The van der Waals surface area contributed by atoms with E-state index in [1.165, 1.54) is 70.6 Å². The lowest BCUT2D eigenvalue weighted by molar-refractivity contribution is -0.161. The minimum absolute atomic E-state index is 0.0169. The molecule has 338 valence electrons. The second-order valence-electron chi connectivity index (χ2n) is 15.9. The van der Waals surface area contributed by atoms with E-state index in [0.29, 0.717) is 32.1 Å². The number of allylic oxidation sites excluding steroid dienone is 2. The molecule has 14 heteroatoms. The molecule has 5 N–H and O–H groups in total. The summed E-state index contributed by atoms with van der Waals surface area (Å²) in [5, 5.41) is 39.0. The molecular formula is C44H79O13P. The van der Waals surface area contributed by atoms with Gasteiger partial charge >= 0.3 is 19.8 Å². The van der Waals surface area contributed by atoms with Gasteiger partial charge in [-0.3, -0.25) is 23.4 Å². The van der Waals surface area contributed by atoms with Gasteiger partial charge in [0.05, 0.1) is 32.0 Å². The van der Waals surface area contributed by atoms with Crippen LogP contribution in [0.2, 0.25) is 0 Å². The summed E-state index contributed by atoms with van der Waals surface area (Å²) in [6.45, 7) is 1.98. The first-order chi connectivity index (χ1) is 27.9. The molecule has 1 aliphatic carbocycles. The lowest BCUT2D eigenvalue weighted by atomic mass is 9.90. The van der Waals surface area contributed by atoms with E-state index < -0.39 is 70.6 Å². The van der Waals surface area contributed by atoms with E-state index in [1.807, 2.05) is 12.2 Å². The monoisotopic (exact) mass is 847 g/mol. The maximum atomic E-state index is 12.7. The lowest BCUT2D eigenvalue weighted by Crippen LogP contribution is -2.29. The number of esters is 2. The highest BCUT2D eigenvalue weighted by Gasteiger charge is 2.39. The summed E-state index contributed by atoms with van der Waals surface area (Å²) in [5.41, 5.74) is 0. The smallest absolute Gasteiger partial charge is 0.462 e. The fourth-order valence-corrected chi connectivity index (χ4v) is 7.71. The van der Waals surface area contributed by atoms with Crippen molar-refractivity contribution in [1.29, 1.82) is 0 Å². The zero-order valence-corrected chi connectivity index (χ0v) is 36.6. The van der Waals surface area contributed by atoms with Gasteiger partial charge in [-0.25, -0.2) is 4.57 Å². The number of carbonyl (C=O) groups is 3. The van der Waals surface area contributed by atoms with Crippen molar-refractivity contribution in [2.45, 2.75) is 199 Å². The number of Topliss-reactive ketones (excluding diaryl/α,β-unsaturated/α-hetero) is 1. The molecule has 0 aliphatic heterocycles. The highest BCUT2D eigenvalue weighted by molar-refractivity contribution is 7.47. The minimum atomic E-state index is -4.68. The first-order valence-corrected chi connectivity index (χ1v) is 23.9. The van der Waals surface area contributed by atoms with Crippen molar-refractivity contribution in [3.05, 3.63) is 24.3 Å². The molecule has 0 amide bonds. The van der Waals surface area contributed by atoms with E-state index in [9.17, 15) is 39.2 Å². The Labute approximate surface area is 349 Å². The number of ketones is 1. The summed E-state index contributed by atoms with van der Waals surface area (Å²) < 4.78 is 32.7. The predicted octanol–water partition coefficient (Wildman–Crippen LogP) is 8.37. The molecule has 1 aliphatic rings. The number of hydrogen-bond donors (Lipinski definition) is 5. The third-order valence-corrected chi connectivity index (χ3v) is 11.4. The number of aliphatic hydroxyl groups excluding tert-OH is 4. The molecule has 0 saturated heterocycles. The zero-order chi connectivity index (χ0) is 42.9. The predicted molar refractivity (Wildman–Crippen MR) is 225 cm³/mol. The Bertz CT molecular complexity index is 1180. The third kappa shape index (κ3) is 28.5. The van der Waals surface area contributed by atoms with Crippen LogP contribution >= 0.6 is 7.82 Å². The van der Waals surface area contributed by atoms with Gasteiger partial charge in [-0.05, 0) is 32.1 Å². The molecule has 0 spiro atoms. The molecule has 0 aromatic carbocycles. The molecule has 0 aromatic heterocycles. The number of hydrogen-bond acceptors (Lipinski definition) is 12. The first-order valence-electron chi connectivity index (χ1n) is 22.4. The molecular weight excluding hydrogens is 767 g/mol. The van der Waals surface area contributed by atoms with Crippen molar-refractivity contribution in [3.8, 4) is 0 Å². The summed E-state index contributed by atoms with van der Waals surface area (Å²) in [4.78, 5) is 47.7. The fraction of sp³-hybridized carbons (Fsp3) is 0.841. The Morgan fingerprint density at radius 3 is 1.91 bits per heavy atom. The topological polar surface area (TPSA) is 206 Å². The van der Waals surface area contributed by atoms with Gasteiger partial charge in [0, 0.05) is 31.1 Å². The van der Waals surface area contributed by atoms with Gasteiger partial charge in [0.15, 0.2) is 6.10 Å². The van der Waals surface area contributed by atoms with Crippen LogP contribution in [0, 0.1) is 11.8 Å². The Morgan fingerprint density at radius 1 is 0.759 bits per heavy atom. The Kier molecular flexibility index (Phi) is 32.4. The molecule has 0 bridgehead atoms. The van der Waals surface area contributed by atoms with E-state index in [2.05, 4.69) is 18.4 Å². The van der Waals surface area contributed by atoms with Crippen molar-refractivity contribution in [3.63, 3.8) is 0 Å². The van der Waals surface area contributed by atoms with Crippen molar-refractivity contribution < 1.29 is 62.8 Å². The molecule has 13 nitrogen and oxygen atoms in total. The highest BCUT2D eigenvalue weighted by atomic mass is 31.2. The van der Waals surface area contributed by atoms with Gasteiger partial charge in [0.1, 0.15) is 18.5 Å². The highest BCUT2D eigenvalue weighted by Crippen LogP contribution is 2.43. The molecule has 0 aromatic rings. The standard InChI is InChI=1S/C44H79O13P/c1-3-5-7-8-9-10-11-12-13-14-15-16-17-18-24-28-44(51)57-38(35-56-58(52,53)55-33-37(47)32-45)34-54-43(50)27-23-20-19-22-26-39-40(42(49)31-41(39)48)30-29-36(46)25-21-6-4-2/h19,22,29-30,36-40,42,45-47,49H,3-18,20-21,23-28,31-35H2,1-2H3,(H,52,53)/b22-19-,30-29+/t36-,37-,38+,39+,40+,42+/m0/s1. The van der Waals surface area contributed by atoms with Crippen LogP contribution in [0.15, 0.2) is 24.3 Å². The van der Waals surface area contributed by atoms with E-state index in [1.54, 1.807) is 12.2 Å². The number of rotatable bonds is 38. The average Bonchev–Trinajstić information content (AvgIpc) is 3.47. The number of phosphoric acid groups is 1. The van der Waals surface area contributed by atoms with E-state index in [4.69, 9.17) is 19.1 Å². The minimum Gasteiger partial charge on any atom is -0.462 e. The quantitative estimate of drug-likeness (QED) is 0.0172. The largest absolute Gasteiger partial charge is 0.472 e. The Morgan fingerprint density at radius 2 is 1.31 bits per heavy atom. The van der Waals surface area contributed by atoms with Gasteiger partial charge in [0.25, 0.3) is 0 Å². The lowest BCUT2D eigenvalue weighted by Gasteiger charge is -2.20. The number of carbonyl (C=O) groups excluding carboxylic acids is 3. The summed E-state index contributed by atoms with van der Waals surface area (Å²) in [7, 11) is -4.68. The van der Waals surface area contributed by atoms with Crippen LogP contribution in [-0.2, 0) is 37.5 Å². The number of ether oxygens (including phenoxy) is 2. The molecule has 1 rings (SSSR count). The summed E-state index contributed by atoms with van der Waals surface area (Å²) in [6, 6.07) is 0. The van der Waals surface area contributed by atoms with Crippen LogP contribution in [0.5, 0.6) is 0 Å². The second-order valence-corrected chi connectivity index (χ2v) is 17.3. The van der Waals surface area contributed by atoms with Crippen LogP contribution in [-0.4, -0.2) is 93.9 Å². The van der Waals surface area contributed by atoms with Gasteiger partial charge in [0.2, 0.25) is 0 Å².